The minimum atomic E-state index is -0.482. The molecule has 0 spiro atoms. The van der Waals surface area contributed by atoms with Gasteiger partial charge in [0, 0.05) is 31.0 Å². The van der Waals surface area contributed by atoms with Crippen molar-refractivity contribution in [1.29, 1.82) is 0 Å². The van der Waals surface area contributed by atoms with E-state index in [1.54, 1.807) is 4.90 Å². The number of ether oxygens (including phenoxy) is 1. The summed E-state index contributed by atoms with van der Waals surface area (Å²) in [7, 11) is 1.81. The molecule has 2 amide bonds. The topological polar surface area (TPSA) is 49.9 Å². The second kappa shape index (κ2) is 7.42. The number of halogens is 1. The lowest BCUT2D eigenvalue weighted by Crippen LogP contribution is -2.60. The molecular formula is C23H37BrN2O3. The van der Waals surface area contributed by atoms with E-state index in [9.17, 15) is 9.59 Å². The van der Waals surface area contributed by atoms with Crippen molar-refractivity contribution in [1.82, 2.24) is 9.80 Å². The van der Waals surface area contributed by atoms with Gasteiger partial charge in [0.2, 0.25) is 5.91 Å². The van der Waals surface area contributed by atoms with Crippen LogP contribution in [0.3, 0.4) is 0 Å². The number of carbonyl (C=O) groups excluding carboxylic acids is 2. The number of hydrogen-bond donors (Lipinski definition) is 0. The largest absolute Gasteiger partial charge is 0.444 e. The van der Waals surface area contributed by atoms with Crippen molar-refractivity contribution in [3.05, 3.63) is 0 Å². The van der Waals surface area contributed by atoms with E-state index in [4.69, 9.17) is 4.74 Å². The van der Waals surface area contributed by atoms with Crippen molar-refractivity contribution in [2.45, 2.75) is 82.1 Å². The van der Waals surface area contributed by atoms with Gasteiger partial charge in [-0.05, 0) is 89.9 Å². The molecule has 5 nitrogen and oxygen atoms in total. The summed E-state index contributed by atoms with van der Waals surface area (Å²) in [6, 6.07) is 0. The molecule has 4 aliphatic carbocycles. The summed E-state index contributed by atoms with van der Waals surface area (Å²) >= 11 is 4.04. The molecule has 0 aromatic heterocycles. The molecule has 3 atom stereocenters. The Hall–Kier alpha value is -0.780. The van der Waals surface area contributed by atoms with E-state index in [-0.39, 0.29) is 15.8 Å². The van der Waals surface area contributed by atoms with Crippen molar-refractivity contribution in [2.75, 3.05) is 26.7 Å². The molecule has 0 aromatic rings. The number of piperidine rings is 1. The second-order valence-corrected chi connectivity index (χ2v) is 13.2. The molecular weight excluding hydrogens is 432 g/mol. The van der Waals surface area contributed by atoms with E-state index in [0.29, 0.717) is 18.4 Å². The number of amides is 2. The zero-order valence-electron chi connectivity index (χ0n) is 18.5. The van der Waals surface area contributed by atoms with Crippen LogP contribution in [0.25, 0.3) is 0 Å². The minimum Gasteiger partial charge on any atom is -0.444 e. The van der Waals surface area contributed by atoms with Gasteiger partial charge in [0.1, 0.15) is 5.60 Å². The molecule has 0 radical (unpaired) electrons. The summed E-state index contributed by atoms with van der Waals surface area (Å²) in [5.74, 6) is 2.18. The fraction of sp³-hybridized carbons (Fsp3) is 0.913. The van der Waals surface area contributed by atoms with Crippen molar-refractivity contribution in [3.63, 3.8) is 0 Å². The molecule has 1 saturated heterocycles. The number of nitrogens with zero attached hydrogens (tertiary/aromatic N) is 2. The summed E-state index contributed by atoms with van der Waals surface area (Å²) in [4.78, 5) is 29.9. The monoisotopic (exact) mass is 468 g/mol. The van der Waals surface area contributed by atoms with Crippen LogP contribution in [0.5, 0.6) is 0 Å². The maximum absolute atomic E-state index is 13.7. The van der Waals surface area contributed by atoms with Crippen LogP contribution in [0.2, 0.25) is 0 Å². The van der Waals surface area contributed by atoms with Gasteiger partial charge in [0.25, 0.3) is 0 Å². The first-order chi connectivity index (χ1) is 13.5. The minimum absolute atomic E-state index is 0.132. The SMILES string of the molecule is CN(CC1CCCN(C(=O)C23CC4CC(CC(Br)(C4)C2)C3)C1)C(=O)OC(C)(C)C. The lowest BCUT2D eigenvalue weighted by Gasteiger charge is -2.60. The highest BCUT2D eigenvalue weighted by molar-refractivity contribution is 9.10. The molecule has 1 aliphatic heterocycles. The maximum Gasteiger partial charge on any atom is 0.410 e. The third-order valence-electron chi connectivity index (χ3n) is 7.49. The quantitative estimate of drug-likeness (QED) is 0.557. The predicted molar refractivity (Wildman–Crippen MR) is 117 cm³/mol. The van der Waals surface area contributed by atoms with Crippen molar-refractivity contribution in [3.8, 4) is 0 Å². The molecule has 3 unspecified atom stereocenters. The van der Waals surface area contributed by atoms with Gasteiger partial charge in [-0.2, -0.15) is 0 Å². The molecule has 5 rings (SSSR count). The van der Waals surface area contributed by atoms with Crippen molar-refractivity contribution < 1.29 is 14.3 Å². The molecule has 4 saturated carbocycles. The zero-order chi connectivity index (χ0) is 21.0. The average molecular weight is 469 g/mol. The van der Waals surface area contributed by atoms with Crippen molar-refractivity contribution >= 4 is 27.9 Å². The highest BCUT2D eigenvalue weighted by atomic mass is 79.9. The van der Waals surface area contributed by atoms with Gasteiger partial charge in [0.05, 0.1) is 5.41 Å². The zero-order valence-corrected chi connectivity index (χ0v) is 20.1. The lowest BCUT2D eigenvalue weighted by atomic mass is 9.49. The van der Waals surface area contributed by atoms with Gasteiger partial charge in [-0.25, -0.2) is 4.79 Å². The van der Waals surface area contributed by atoms with Crippen LogP contribution in [0.4, 0.5) is 4.79 Å². The van der Waals surface area contributed by atoms with Crippen LogP contribution < -0.4 is 0 Å². The Morgan fingerprint density at radius 2 is 1.83 bits per heavy atom. The predicted octanol–water partition coefficient (Wildman–Crippen LogP) is 4.83. The number of rotatable bonds is 3. The van der Waals surface area contributed by atoms with Crippen LogP contribution in [-0.4, -0.2) is 58.4 Å². The summed E-state index contributed by atoms with van der Waals surface area (Å²) in [6.07, 6.45) is 8.85. The fourth-order valence-corrected chi connectivity index (χ4v) is 8.39. The molecule has 5 aliphatic rings. The normalized spacial score (nSPS) is 38.8. The Labute approximate surface area is 184 Å². The Balaban J connectivity index is 1.39. The van der Waals surface area contributed by atoms with E-state index >= 15 is 0 Å². The number of likely N-dealkylation sites (tertiary alicyclic amines) is 1. The molecule has 4 bridgehead atoms. The van der Waals surface area contributed by atoms with Crippen LogP contribution >= 0.6 is 15.9 Å². The maximum atomic E-state index is 13.7. The first kappa shape index (κ1) is 21.5. The van der Waals surface area contributed by atoms with Gasteiger partial charge < -0.3 is 14.5 Å². The summed E-state index contributed by atoms with van der Waals surface area (Å²) in [5, 5.41) is 0. The molecule has 5 fully saturated rings. The van der Waals surface area contributed by atoms with Crippen LogP contribution in [0.1, 0.15) is 72.1 Å². The highest BCUT2D eigenvalue weighted by Crippen LogP contribution is 2.64. The van der Waals surface area contributed by atoms with Gasteiger partial charge in [-0.1, -0.05) is 15.9 Å². The Morgan fingerprint density at radius 3 is 2.41 bits per heavy atom. The first-order valence-corrected chi connectivity index (χ1v) is 12.2. The summed E-state index contributed by atoms with van der Waals surface area (Å²) in [6.45, 7) is 7.97. The number of hydrogen-bond acceptors (Lipinski definition) is 3. The van der Waals surface area contributed by atoms with Crippen molar-refractivity contribution in [2.24, 2.45) is 23.2 Å². The lowest BCUT2D eigenvalue weighted by molar-refractivity contribution is -0.157. The average Bonchev–Trinajstić information content (AvgIpc) is 2.57. The Bertz CT molecular complexity index is 660. The smallest absolute Gasteiger partial charge is 0.410 e. The Morgan fingerprint density at radius 1 is 1.17 bits per heavy atom. The van der Waals surface area contributed by atoms with Gasteiger partial charge >= 0.3 is 6.09 Å². The van der Waals surface area contributed by atoms with Crippen LogP contribution in [-0.2, 0) is 9.53 Å². The third kappa shape index (κ3) is 4.47. The first-order valence-electron chi connectivity index (χ1n) is 11.4. The molecule has 0 N–H and O–H groups in total. The summed E-state index contributed by atoms with van der Waals surface area (Å²) < 4.78 is 5.70. The van der Waals surface area contributed by atoms with E-state index in [1.165, 1.54) is 19.3 Å². The molecule has 164 valence electrons. The number of alkyl halides is 1. The van der Waals surface area contributed by atoms with E-state index < -0.39 is 5.60 Å². The second-order valence-electron chi connectivity index (χ2n) is 11.5. The van der Waals surface area contributed by atoms with Crippen LogP contribution in [0, 0.1) is 23.2 Å². The van der Waals surface area contributed by atoms with Gasteiger partial charge in [-0.15, -0.1) is 0 Å². The number of carbonyl (C=O) groups is 2. The standard InChI is InChI=1S/C23H37BrN2O3/c1-21(2,3)29-20(28)25(4)13-16-6-5-7-26(14-16)19(27)22-9-17-8-18(10-22)12-23(24,11-17)15-22/h16-18H,5-15H2,1-4H3. The van der Waals surface area contributed by atoms with E-state index in [1.807, 2.05) is 27.8 Å². The molecule has 29 heavy (non-hydrogen) atoms. The van der Waals surface area contributed by atoms with E-state index in [0.717, 1.165) is 57.0 Å². The van der Waals surface area contributed by atoms with Gasteiger partial charge in [0.15, 0.2) is 0 Å². The highest BCUT2D eigenvalue weighted by Gasteiger charge is 2.60. The van der Waals surface area contributed by atoms with Gasteiger partial charge in [-0.3, -0.25) is 4.79 Å². The Kier molecular flexibility index (Phi) is 5.49. The molecule has 6 heteroatoms. The van der Waals surface area contributed by atoms with Crippen LogP contribution in [0.15, 0.2) is 0 Å². The molecule has 0 aromatic carbocycles. The molecule has 1 heterocycles. The summed E-state index contributed by atoms with van der Waals surface area (Å²) in [5.41, 5.74) is -0.614. The fourth-order valence-electron chi connectivity index (χ4n) is 6.94. The third-order valence-corrected chi connectivity index (χ3v) is 8.41. The van der Waals surface area contributed by atoms with E-state index in [2.05, 4.69) is 20.8 Å².